The maximum atomic E-state index is 4.58. The zero-order valence-electron chi connectivity index (χ0n) is 12.0. The summed E-state index contributed by atoms with van der Waals surface area (Å²) >= 11 is 0. The quantitative estimate of drug-likeness (QED) is 0.780. The molecule has 2 aromatic heterocycles. The van der Waals surface area contributed by atoms with E-state index in [0.29, 0.717) is 0 Å². The molecule has 4 heteroatoms. The Labute approximate surface area is 124 Å². The smallest absolute Gasteiger partial charge is 0.0766 e. The van der Waals surface area contributed by atoms with Crippen molar-refractivity contribution in [1.82, 2.24) is 20.1 Å². The van der Waals surface area contributed by atoms with Crippen LogP contribution in [-0.4, -0.2) is 14.8 Å². The lowest BCUT2D eigenvalue weighted by atomic mass is 10.1. The fraction of sp³-hybridized carbons (Fsp3) is 0.176. The molecule has 0 spiro atoms. The van der Waals surface area contributed by atoms with Gasteiger partial charge in [0.2, 0.25) is 0 Å². The average Bonchev–Trinajstić information content (AvgIpc) is 2.99. The lowest BCUT2D eigenvalue weighted by Crippen LogP contribution is -2.14. The van der Waals surface area contributed by atoms with Gasteiger partial charge in [-0.3, -0.25) is 4.98 Å². The molecule has 0 atom stereocenters. The lowest BCUT2D eigenvalue weighted by molar-refractivity contribution is 0.666. The Balaban J connectivity index is 1.60. The third-order valence-corrected chi connectivity index (χ3v) is 3.42. The highest BCUT2D eigenvalue weighted by molar-refractivity contribution is 5.30. The van der Waals surface area contributed by atoms with Gasteiger partial charge in [0, 0.05) is 31.7 Å². The fourth-order valence-electron chi connectivity index (χ4n) is 2.21. The van der Waals surface area contributed by atoms with Crippen LogP contribution in [0.2, 0.25) is 0 Å². The molecule has 0 aliphatic rings. The maximum absolute atomic E-state index is 4.58. The minimum atomic E-state index is 0.752. The molecule has 0 saturated carbocycles. The molecule has 0 fully saturated rings. The summed E-state index contributed by atoms with van der Waals surface area (Å²) in [7, 11) is 0. The molecule has 0 amide bonds. The van der Waals surface area contributed by atoms with E-state index in [1.165, 1.54) is 11.1 Å². The van der Waals surface area contributed by atoms with Crippen LogP contribution in [0.4, 0.5) is 0 Å². The van der Waals surface area contributed by atoms with Crippen molar-refractivity contribution >= 4 is 0 Å². The van der Waals surface area contributed by atoms with Gasteiger partial charge < -0.3 is 5.32 Å². The SMILES string of the molecule is Cc1cnccc1CNCc1ccn(-c2ccccc2)n1. The molecule has 3 rings (SSSR count). The first-order chi connectivity index (χ1) is 10.3. The third-order valence-electron chi connectivity index (χ3n) is 3.42. The highest BCUT2D eigenvalue weighted by atomic mass is 15.3. The first kappa shape index (κ1) is 13.5. The van der Waals surface area contributed by atoms with E-state index in [0.717, 1.165) is 24.5 Å². The van der Waals surface area contributed by atoms with E-state index in [4.69, 9.17) is 0 Å². The monoisotopic (exact) mass is 278 g/mol. The topological polar surface area (TPSA) is 42.7 Å². The molecule has 0 aliphatic heterocycles. The lowest BCUT2D eigenvalue weighted by Gasteiger charge is -2.05. The number of benzene rings is 1. The average molecular weight is 278 g/mol. The van der Waals surface area contributed by atoms with Gasteiger partial charge in [0.15, 0.2) is 0 Å². The minimum absolute atomic E-state index is 0.752. The summed E-state index contributed by atoms with van der Waals surface area (Å²) in [5, 5.41) is 8.00. The molecule has 0 saturated heterocycles. The standard InChI is InChI=1S/C17H18N4/c1-14-11-18-9-7-15(14)12-19-13-16-8-10-21(20-16)17-5-3-2-4-6-17/h2-11,19H,12-13H2,1H3. The van der Waals surface area contributed by atoms with Crippen molar-refractivity contribution in [2.24, 2.45) is 0 Å². The molecule has 2 heterocycles. The number of aryl methyl sites for hydroxylation is 1. The highest BCUT2D eigenvalue weighted by Gasteiger charge is 2.02. The molecule has 106 valence electrons. The summed E-state index contributed by atoms with van der Waals surface area (Å²) in [6.07, 6.45) is 5.71. The van der Waals surface area contributed by atoms with E-state index >= 15 is 0 Å². The van der Waals surface area contributed by atoms with Crippen molar-refractivity contribution in [3.63, 3.8) is 0 Å². The van der Waals surface area contributed by atoms with Gasteiger partial charge in [-0.2, -0.15) is 5.10 Å². The number of hydrogen-bond acceptors (Lipinski definition) is 3. The molecule has 3 aromatic rings. The van der Waals surface area contributed by atoms with Crippen molar-refractivity contribution in [2.75, 3.05) is 0 Å². The Kier molecular flexibility index (Phi) is 4.07. The predicted octanol–water partition coefficient (Wildman–Crippen LogP) is 2.87. The van der Waals surface area contributed by atoms with Crippen molar-refractivity contribution in [2.45, 2.75) is 20.0 Å². The molecule has 0 unspecified atom stereocenters. The van der Waals surface area contributed by atoms with Gasteiger partial charge in [0.05, 0.1) is 11.4 Å². The Morgan fingerprint density at radius 1 is 1.05 bits per heavy atom. The number of rotatable bonds is 5. The van der Waals surface area contributed by atoms with Crippen LogP contribution in [0.25, 0.3) is 5.69 Å². The first-order valence-corrected chi connectivity index (χ1v) is 7.03. The second-order valence-electron chi connectivity index (χ2n) is 4.99. The summed E-state index contributed by atoms with van der Waals surface area (Å²) in [5.74, 6) is 0. The van der Waals surface area contributed by atoms with E-state index in [2.05, 4.69) is 22.3 Å². The number of aromatic nitrogens is 3. The Bertz CT molecular complexity index is 704. The van der Waals surface area contributed by atoms with E-state index in [9.17, 15) is 0 Å². The summed E-state index contributed by atoms with van der Waals surface area (Å²) in [5.41, 5.74) is 4.59. The first-order valence-electron chi connectivity index (χ1n) is 7.03. The van der Waals surface area contributed by atoms with Crippen molar-refractivity contribution in [3.8, 4) is 5.69 Å². The molecule has 21 heavy (non-hydrogen) atoms. The van der Waals surface area contributed by atoms with Crippen LogP contribution >= 0.6 is 0 Å². The Morgan fingerprint density at radius 2 is 1.90 bits per heavy atom. The zero-order chi connectivity index (χ0) is 14.5. The fourth-order valence-corrected chi connectivity index (χ4v) is 2.21. The van der Waals surface area contributed by atoms with Gasteiger partial charge in [-0.05, 0) is 42.3 Å². The highest BCUT2D eigenvalue weighted by Crippen LogP contribution is 2.08. The number of nitrogens with zero attached hydrogens (tertiary/aromatic N) is 3. The van der Waals surface area contributed by atoms with Gasteiger partial charge in [-0.1, -0.05) is 18.2 Å². The van der Waals surface area contributed by atoms with Crippen LogP contribution in [0.1, 0.15) is 16.8 Å². The van der Waals surface area contributed by atoms with Gasteiger partial charge in [-0.15, -0.1) is 0 Å². The van der Waals surface area contributed by atoms with Crippen LogP contribution in [0.15, 0.2) is 61.1 Å². The maximum Gasteiger partial charge on any atom is 0.0766 e. The van der Waals surface area contributed by atoms with Gasteiger partial charge in [-0.25, -0.2) is 4.68 Å². The van der Waals surface area contributed by atoms with E-state index in [1.807, 2.05) is 65.7 Å². The molecular formula is C17H18N4. The summed E-state index contributed by atoms with van der Waals surface area (Å²) in [6, 6.07) is 14.2. The van der Waals surface area contributed by atoms with Crippen molar-refractivity contribution in [3.05, 3.63) is 77.9 Å². The molecule has 4 nitrogen and oxygen atoms in total. The normalized spacial score (nSPS) is 10.7. The predicted molar refractivity (Wildman–Crippen MR) is 83.1 cm³/mol. The molecular weight excluding hydrogens is 260 g/mol. The number of hydrogen-bond donors (Lipinski definition) is 1. The molecule has 0 aliphatic carbocycles. The van der Waals surface area contributed by atoms with Crippen LogP contribution in [-0.2, 0) is 13.1 Å². The second kappa shape index (κ2) is 6.33. The molecule has 0 bridgehead atoms. The van der Waals surface area contributed by atoms with E-state index in [-0.39, 0.29) is 0 Å². The number of para-hydroxylation sites is 1. The molecule has 1 aromatic carbocycles. The van der Waals surface area contributed by atoms with Crippen LogP contribution in [0.3, 0.4) is 0 Å². The molecule has 0 radical (unpaired) electrons. The summed E-state index contributed by atoms with van der Waals surface area (Å²) < 4.78 is 1.90. The van der Waals surface area contributed by atoms with Crippen molar-refractivity contribution in [1.29, 1.82) is 0 Å². The third kappa shape index (κ3) is 3.35. The summed E-state index contributed by atoms with van der Waals surface area (Å²) in [4.78, 5) is 4.10. The summed E-state index contributed by atoms with van der Waals surface area (Å²) in [6.45, 7) is 3.66. The largest absolute Gasteiger partial charge is 0.307 e. The van der Waals surface area contributed by atoms with Gasteiger partial charge in [0.1, 0.15) is 0 Å². The van der Waals surface area contributed by atoms with E-state index in [1.54, 1.807) is 0 Å². The van der Waals surface area contributed by atoms with Crippen LogP contribution < -0.4 is 5.32 Å². The molecule has 1 N–H and O–H groups in total. The zero-order valence-corrected chi connectivity index (χ0v) is 12.0. The van der Waals surface area contributed by atoms with Crippen LogP contribution in [0.5, 0.6) is 0 Å². The van der Waals surface area contributed by atoms with E-state index < -0.39 is 0 Å². The van der Waals surface area contributed by atoms with Crippen molar-refractivity contribution < 1.29 is 0 Å². The second-order valence-corrected chi connectivity index (χ2v) is 4.99. The van der Waals surface area contributed by atoms with Crippen LogP contribution in [0, 0.1) is 6.92 Å². The number of nitrogens with one attached hydrogen (secondary N) is 1. The Morgan fingerprint density at radius 3 is 2.71 bits per heavy atom. The Hall–Kier alpha value is -2.46. The number of pyridine rings is 1. The van der Waals surface area contributed by atoms with Gasteiger partial charge in [0.25, 0.3) is 0 Å². The minimum Gasteiger partial charge on any atom is -0.307 e. The van der Waals surface area contributed by atoms with Gasteiger partial charge >= 0.3 is 0 Å².